The highest BCUT2D eigenvalue weighted by Gasteiger charge is 2.04. The van der Waals surface area contributed by atoms with Gasteiger partial charge in [-0.1, -0.05) is 6.07 Å². The van der Waals surface area contributed by atoms with Gasteiger partial charge in [0.25, 0.3) is 0 Å². The Bertz CT molecular complexity index is 648. The molecule has 0 aliphatic rings. The molecular formula is C15H17NO4. The van der Waals surface area contributed by atoms with E-state index in [4.69, 9.17) is 9.47 Å². The number of benzene rings is 1. The number of esters is 1. The van der Waals surface area contributed by atoms with E-state index in [1.807, 2.05) is 18.2 Å². The topological polar surface area (TPSA) is 68.4 Å². The predicted molar refractivity (Wildman–Crippen MR) is 75.9 cm³/mol. The van der Waals surface area contributed by atoms with E-state index in [0.717, 1.165) is 10.9 Å². The zero-order chi connectivity index (χ0) is 14.4. The molecule has 1 N–H and O–H groups in total. The largest absolute Gasteiger partial charge is 0.493 e. The van der Waals surface area contributed by atoms with Gasteiger partial charge in [0.2, 0.25) is 5.56 Å². The molecule has 2 rings (SSSR count). The summed E-state index contributed by atoms with van der Waals surface area (Å²) in [5.41, 5.74) is 0.595. The zero-order valence-electron chi connectivity index (χ0n) is 11.3. The van der Waals surface area contributed by atoms with E-state index < -0.39 is 0 Å². The summed E-state index contributed by atoms with van der Waals surface area (Å²) in [6.45, 7) is 2.61. The number of ether oxygens (including phenoxy) is 2. The van der Waals surface area contributed by atoms with Crippen LogP contribution in [0.2, 0.25) is 0 Å². The minimum atomic E-state index is -0.210. The van der Waals surface area contributed by atoms with Crippen LogP contribution in [0.1, 0.15) is 19.8 Å². The second-order valence-corrected chi connectivity index (χ2v) is 4.30. The summed E-state index contributed by atoms with van der Waals surface area (Å²) >= 11 is 0. The molecule has 0 bridgehead atoms. The third kappa shape index (κ3) is 3.60. The van der Waals surface area contributed by atoms with Crippen LogP contribution in [0.3, 0.4) is 0 Å². The van der Waals surface area contributed by atoms with Crippen LogP contribution in [0.15, 0.2) is 35.1 Å². The molecule has 0 atom stereocenters. The molecule has 0 saturated heterocycles. The number of hydrogen-bond acceptors (Lipinski definition) is 4. The van der Waals surface area contributed by atoms with Gasteiger partial charge < -0.3 is 14.5 Å². The second-order valence-electron chi connectivity index (χ2n) is 4.30. The van der Waals surface area contributed by atoms with Gasteiger partial charge in [0.05, 0.1) is 18.7 Å². The number of fused-ring (bicyclic) bond motifs is 1. The molecule has 106 valence electrons. The Balaban J connectivity index is 1.96. The van der Waals surface area contributed by atoms with Crippen molar-refractivity contribution in [1.82, 2.24) is 4.98 Å². The highest BCUT2D eigenvalue weighted by molar-refractivity contribution is 5.84. The molecule has 0 aliphatic carbocycles. The van der Waals surface area contributed by atoms with E-state index in [-0.39, 0.29) is 11.5 Å². The van der Waals surface area contributed by atoms with Gasteiger partial charge >= 0.3 is 5.97 Å². The fourth-order valence-corrected chi connectivity index (χ4v) is 1.92. The van der Waals surface area contributed by atoms with Crippen LogP contribution in [-0.4, -0.2) is 24.2 Å². The van der Waals surface area contributed by atoms with E-state index in [0.29, 0.717) is 31.8 Å². The van der Waals surface area contributed by atoms with Crippen molar-refractivity contribution < 1.29 is 14.3 Å². The summed E-state index contributed by atoms with van der Waals surface area (Å²) in [4.78, 5) is 25.2. The SMILES string of the molecule is CCOC(=O)CCCOc1cccc2[nH]c(=O)ccc12. The molecule has 5 nitrogen and oxygen atoms in total. The summed E-state index contributed by atoms with van der Waals surface area (Å²) in [5, 5.41) is 0.850. The maximum atomic E-state index is 11.2. The normalized spacial score (nSPS) is 10.4. The first-order valence-electron chi connectivity index (χ1n) is 6.61. The maximum absolute atomic E-state index is 11.2. The summed E-state index contributed by atoms with van der Waals surface area (Å²) in [7, 11) is 0. The third-order valence-corrected chi connectivity index (χ3v) is 2.81. The van der Waals surface area contributed by atoms with Crippen molar-refractivity contribution >= 4 is 16.9 Å². The summed E-state index contributed by atoms with van der Waals surface area (Å²) in [5.74, 6) is 0.487. The lowest BCUT2D eigenvalue weighted by molar-refractivity contribution is -0.143. The predicted octanol–water partition coefficient (Wildman–Crippen LogP) is 2.25. The van der Waals surface area contributed by atoms with Crippen LogP contribution >= 0.6 is 0 Å². The second kappa shape index (κ2) is 6.75. The fourth-order valence-electron chi connectivity index (χ4n) is 1.92. The number of rotatable bonds is 6. The number of nitrogens with one attached hydrogen (secondary N) is 1. The Morgan fingerprint density at radius 2 is 2.10 bits per heavy atom. The number of carbonyl (C=O) groups is 1. The quantitative estimate of drug-likeness (QED) is 0.648. The molecule has 5 heteroatoms. The van der Waals surface area contributed by atoms with Crippen molar-refractivity contribution in [3.63, 3.8) is 0 Å². The standard InChI is InChI=1S/C15H17NO4/c1-2-19-15(18)7-4-10-20-13-6-3-5-12-11(13)8-9-14(17)16-12/h3,5-6,8-9H,2,4,7,10H2,1H3,(H,16,17). The Morgan fingerprint density at radius 3 is 2.90 bits per heavy atom. The van der Waals surface area contributed by atoms with Gasteiger partial charge in [-0.2, -0.15) is 0 Å². The lowest BCUT2D eigenvalue weighted by atomic mass is 10.2. The van der Waals surface area contributed by atoms with Crippen LogP contribution in [0, 0.1) is 0 Å². The number of carbonyl (C=O) groups excluding carboxylic acids is 1. The zero-order valence-corrected chi connectivity index (χ0v) is 11.3. The monoisotopic (exact) mass is 275 g/mol. The maximum Gasteiger partial charge on any atom is 0.305 e. The Labute approximate surface area is 116 Å². The molecule has 20 heavy (non-hydrogen) atoms. The van der Waals surface area contributed by atoms with Crippen LogP contribution in [0.25, 0.3) is 10.9 Å². The number of hydrogen-bond donors (Lipinski definition) is 1. The van der Waals surface area contributed by atoms with Crippen molar-refractivity contribution in [1.29, 1.82) is 0 Å². The first kappa shape index (κ1) is 14.1. The molecule has 0 spiro atoms. The van der Waals surface area contributed by atoms with Gasteiger partial charge in [-0.05, 0) is 31.5 Å². The van der Waals surface area contributed by atoms with Gasteiger partial charge in [0, 0.05) is 17.9 Å². The molecular weight excluding hydrogens is 258 g/mol. The minimum absolute atomic E-state index is 0.142. The highest BCUT2D eigenvalue weighted by atomic mass is 16.5. The van der Waals surface area contributed by atoms with Gasteiger partial charge in [-0.15, -0.1) is 0 Å². The average Bonchev–Trinajstić information content (AvgIpc) is 2.43. The molecule has 0 fully saturated rings. The number of pyridine rings is 1. The van der Waals surface area contributed by atoms with Crippen LogP contribution in [0.5, 0.6) is 5.75 Å². The van der Waals surface area contributed by atoms with Crippen LogP contribution < -0.4 is 10.3 Å². The van der Waals surface area contributed by atoms with E-state index in [1.165, 1.54) is 6.07 Å². The van der Waals surface area contributed by atoms with Gasteiger partial charge in [-0.25, -0.2) is 0 Å². The number of aromatic amines is 1. The van der Waals surface area contributed by atoms with E-state index >= 15 is 0 Å². The smallest absolute Gasteiger partial charge is 0.305 e. The van der Waals surface area contributed by atoms with E-state index in [9.17, 15) is 9.59 Å². The van der Waals surface area contributed by atoms with E-state index in [1.54, 1.807) is 13.0 Å². The van der Waals surface area contributed by atoms with Gasteiger partial charge in [0.1, 0.15) is 5.75 Å². The summed E-state index contributed by atoms with van der Waals surface area (Å²) < 4.78 is 10.5. The minimum Gasteiger partial charge on any atom is -0.493 e. The third-order valence-electron chi connectivity index (χ3n) is 2.81. The summed E-state index contributed by atoms with van der Waals surface area (Å²) in [6.07, 6.45) is 0.939. The highest BCUT2D eigenvalue weighted by Crippen LogP contribution is 2.23. The van der Waals surface area contributed by atoms with Gasteiger partial charge in [0.15, 0.2) is 0 Å². The number of aromatic nitrogens is 1. The molecule has 2 aromatic rings. The molecule has 0 unspecified atom stereocenters. The summed E-state index contributed by atoms with van der Waals surface area (Å²) in [6, 6.07) is 8.68. The molecule has 1 aromatic heterocycles. The Kier molecular flexibility index (Phi) is 4.76. The Hall–Kier alpha value is -2.30. The van der Waals surface area contributed by atoms with Crippen molar-refractivity contribution in [3.05, 3.63) is 40.7 Å². The van der Waals surface area contributed by atoms with Crippen molar-refractivity contribution in [3.8, 4) is 5.75 Å². The van der Waals surface area contributed by atoms with Crippen LogP contribution in [-0.2, 0) is 9.53 Å². The number of H-pyrrole nitrogens is 1. The molecule has 0 radical (unpaired) electrons. The molecule has 0 aliphatic heterocycles. The fraction of sp³-hybridized carbons (Fsp3) is 0.333. The molecule has 0 amide bonds. The van der Waals surface area contributed by atoms with Gasteiger partial charge in [-0.3, -0.25) is 9.59 Å². The lowest BCUT2D eigenvalue weighted by Gasteiger charge is -2.08. The molecule has 0 saturated carbocycles. The van der Waals surface area contributed by atoms with Crippen molar-refractivity contribution in [2.75, 3.05) is 13.2 Å². The first-order chi connectivity index (χ1) is 9.70. The first-order valence-corrected chi connectivity index (χ1v) is 6.61. The lowest BCUT2D eigenvalue weighted by Crippen LogP contribution is -2.07. The van der Waals surface area contributed by atoms with E-state index in [2.05, 4.69) is 4.98 Å². The van der Waals surface area contributed by atoms with Crippen molar-refractivity contribution in [2.24, 2.45) is 0 Å². The molecule has 1 heterocycles. The molecule has 1 aromatic carbocycles. The Morgan fingerprint density at radius 1 is 1.25 bits per heavy atom. The average molecular weight is 275 g/mol. The van der Waals surface area contributed by atoms with Crippen LogP contribution in [0.4, 0.5) is 0 Å². The van der Waals surface area contributed by atoms with Crippen molar-refractivity contribution in [2.45, 2.75) is 19.8 Å².